The van der Waals surface area contributed by atoms with Gasteiger partial charge in [0.05, 0.1) is 12.3 Å². The van der Waals surface area contributed by atoms with Crippen LogP contribution in [-0.4, -0.2) is 20.7 Å². The predicted molar refractivity (Wildman–Crippen MR) is 73.0 cm³/mol. The van der Waals surface area contributed by atoms with Crippen LogP contribution >= 0.6 is 0 Å². The van der Waals surface area contributed by atoms with E-state index in [9.17, 15) is 23.3 Å². The zero-order chi connectivity index (χ0) is 16.1. The third-order valence-electron chi connectivity index (χ3n) is 2.94. The second-order valence-corrected chi connectivity index (χ2v) is 5.18. The van der Waals surface area contributed by atoms with Gasteiger partial charge in [-0.15, -0.1) is 4.91 Å². The minimum atomic E-state index is -2.98. The molecule has 122 valence electrons. The summed E-state index contributed by atoms with van der Waals surface area (Å²) < 4.78 is 24.4. The first-order valence-electron chi connectivity index (χ1n) is 6.85. The van der Waals surface area contributed by atoms with Gasteiger partial charge in [-0.05, 0) is 6.42 Å². The Bertz CT molecular complexity index is 362. The number of hydrogen-bond donors (Lipinski definition) is 0. The van der Waals surface area contributed by atoms with Crippen LogP contribution in [0.1, 0.15) is 58.3 Å². The molecule has 2 atom stereocenters. The van der Waals surface area contributed by atoms with E-state index in [0.717, 1.165) is 32.1 Å². The van der Waals surface area contributed by atoms with Crippen molar-refractivity contribution >= 4 is 23.3 Å². The summed E-state index contributed by atoms with van der Waals surface area (Å²) in [5.74, 6) is -2.95. The number of nitrogens with zero attached hydrogens (tertiary/aromatic N) is 1. The van der Waals surface area contributed by atoms with Crippen LogP contribution < -0.4 is 0 Å². The standard InChI is InChI=1S/C12H21NO7S/c1-2-3-4-5-6-7-8-10(12(15)19-13-16)9-11(14)20-21(17)18/h10H,2-9H2,1H3,(H,17,18)/p-1. The highest BCUT2D eigenvalue weighted by atomic mass is 32.2. The summed E-state index contributed by atoms with van der Waals surface area (Å²) in [6.07, 6.45) is 5.75. The summed E-state index contributed by atoms with van der Waals surface area (Å²) in [6.45, 7) is 2.10. The molecule has 0 fully saturated rings. The normalized spacial score (nSPS) is 13.2. The highest BCUT2D eigenvalue weighted by Gasteiger charge is 2.25. The summed E-state index contributed by atoms with van der Waals surface area (Å²) in [5.41, 5.74) is 0. The lowest BCUT2D eigenvalue weighted by atomic mass is 9.97. The molecular formula is C12H20NO7S-. The Hall–Kier alpha value is -1.35. The Morgan fingerprint density at radius 1 is 1.19 bits per heavy atom. The molecule has 0 saturated heterocycles. The van der Waals surface area contributed by atoms with Crippen LogP contribution in [0.4, 0.5) is 0 Å². The van der Waals surface area contributed by atoms with Crippen LogP contribution in [0.15, 0.2) is 5.34 Å². The topological polar surface area (TPSA) is 122 Å². The SMILES string of the molecule is CCCCCCCCC(CC(=O)OS(=O)[O-])C(=O)ON=O. The molecular weight excluding hydrogens is 302 g/mol. The van der Waals surface area contributed by atoms with Crippen molar-refractivity contribution < 1.29 is 27.4 Å². The maximum atomic E-state index is 11.5. The van der Waals surface area contributed by atoms with Gasteiger partial charge >= 0.3 is 11.9 Å². The third kappa shape index (κ3) is 11.0. The lowest BCUT2D eigenvalue weighted by Crippen LogP contribution is -2.21. The molecule has 2 unspecified atom stereocenters. The van der Waals surface area contributed by atoms with Gasteiger partial charge in [0.2, 0.25) is 0 Å². The van der Waals surface area contributed by atoms with Crippen molar-refractivity contribution in [2.75, 3.05) is 0 Å². The maximum Gasteiger partial charge on any atom is 0.342 e. The molecule has 0 aliphatic rings. The van der Waals surface area contributed by atoms with E-state index >= 15 is 0 Å². The van der Waals surface area contributed by atoms with Crippen LogP contribution in [0.25, 0.3) is 0 Å². The van der Waals surface area contributed by atoms with Crippen LogP contribution in [-0.2, 0) is 30.0 Å². The van der Waals surface area contributed by atoms with Gasteiger partial charge in [0.15, 0.2) is 5.34 Å². The number of hydrogen-bond acceptors (Lipinski definition) is 8. The van der Waals surface area contributed by atoms with Gasteiger partial charge in [-0.2, -0.15) is 0 Å². The van der Waals surface area contributed by atoms with E-state index in [4.69, 9.17) is 0 Å². The van der Waals surface area contributed by atoms with Crippen molar-refractivity contribution in [1.29, 1.82) is 0 Å². The van der Waals surface area contributed by atoms with Crippen molar-refractivity contribution in [3.05, 3.63) is 4.91 Å². The van der Waals surface area contributed by atoms with E-state index in [-0.39, 0.29) is 0 Å². The van der Waals surface area contributed by atoms with Crippen molar-refractivity contribution in [1.82, 2.24) is 0 Å². The van der Waals surface area contributed by atoms with Crippen molar-refractivity contribution in [2.24, 2.45) is 11.3 Å². The molecule has 0 bridgehead atoms. The second kappa shape index (κ2) is 12.4. The predicted octanol–water partition coefficient (Wildman–Crippen LogP) is 2.31. The Kier molecular flexibility index (Phi) is 11.6. The quantitative estimate of drug-likeness (QED) is 0.234. The molecule has 0 radical (unpaired) electrons. The summed E-state index contributed by atoms with van der Waals surface area (Å²) in [6, 6.07) is 0. The van der Waals surface area contributed by atoms with E-state index in [2.05, 4.69) is 15.9 Å². The number of unbranched alkanes of at least 4 members (excludes halogenated alkanes) is 5. The number of rotatable bonds is 12. The summed E-state index contributed by atoms with van der Waals surface area (Å²) in [7, 11) is 0. The Morgan fingerprint density at radius 3 is 2.38 bits per heavy atom. The summed E-state index contributed by atoms with van der Waals surface area (Å²) in [4.78, 5) is 36.6. The van der Waals surface area contributed by atoms with Gasteiger partial charge in [-0.25, -0.2) is 9.00 Å². The van der Waals surface area contributed by atoms with Crippen LogP contribution in [0, 0.1) is 10.8 Å². The molecule has 0 aromatic rings. The molecule has 0 rings (SSSR count). The number of carbonyl (C=O) groups is 2. The van der Waals surface area contributed by atoms with Gasteiger partial charge in [0.1, 0.15) is 11.4 Å². The van der Waals surface area contributed by atoms with Crippen molar-refractivity contribution in [3.8, 4) is 0 Å². The second-order valence-electron chi connectivity index (χ2n) is 4.60. The molecule has 8 nitrogen and oxygen atoms in total. The van der Waals surface area contributed by atoms with E-state index in [1.54, 1.807) is 0 Å². The maximum absolute atomic E-state index is 11.5. The zero-order valence-corrected chi connectivity index (χ0v) is 12.8. The highest BCUT2D eigenvalue weighted by molar-refractivity contribution is 7.74. The molecule has 21 heavy (non-hydrogen) atoms. The molecule has 0 aromatic carbocycles. The van der Waals surface area contributed by atoms with Gasteiger partial charge in [0, 0.05) is 0 Å². The number of carbonyl (C=O) groups excluding carboxylic acids is 2. The lowest BCUT2D eigenvalue weighted by molar-refractivity contribution is -0.152. The van der Waals surface area contributed by atoms with E-state index in [1.165, 1.54) is 0 Å². The van der Waals surface area contributed by atoms with Gasteiger partial charge < -0.3 is 8.74 Å². The minimum absolute atomic E-state index is 0.307. The Morgan fingerprint density at radius 2 is 1.81 bits per heavy atom. The average Bonchev–Trinajstić information content (AvgIpc) is 2.40. The summed E-state index contributed by atoms with van der Waals surface area (Å²) in [5, 5.41) is 2.02. The van der Waals surface area contributed by atoms with Crippen LogP contribution in [0.5, 0.6) is 0 Å². The summed E-state index contributed by atoms with van der Waals surface area (Å²) >= 11 is -2.98. The van der Waals surface area contributed by atoms with Crippen molar-refractivity contribution in [3.63, 3.8) is 0 Å². The first-order chi connectivity index (χ1) is 10.0. The van der Waals surface area contributed by atoms with E-state index in [1.807, 2.05) is 5.34 Å². The van der Waals surface area contributed by atoms with Crippen molar-refractivity contribution in [2.45, 2.75) is 58.3 Å². The van der Waals surface area contributed by atoms with Crippen LogP contribution in [0.3, 0.4) is 0 Å². The molecule has 0 aliphatic heterocycles. The van der Waals surface area contributed by atoms with Gasteiger partial charge in [0.25, 0.3) is 0 Å². The van der Waals surface area contributed by atoms with E-state index < -0.39 is 35.6 Å². The first kappa shape index (κ1) is 19.7. The molecule has 0 spiro atoms. The smallest absolute Gasteiger partial charge is 0.342 e. The van der Waals surface area contributed by atoms with E-state index in [0.29, 0.717) is 12.8 Å². The highest BCUT2D eigenvalue weighted by Crippen LogP contribution is 2.18. The molecule has 0 aromatic heterocycles. The fourth-order valence-corrected chi connectivity index (χ4v) is 2.12. The first-order valence-corrected chi connectivity index (χ1v) is 7.85. The monoisotopic (exact) mass is 322 g/mol. The largest absolute Gasteiger partial charge is 0.740 e. The molecule has 0 heterocycles. The Labute approximate surface area is 126 Å². The molecule has 9 heteroatoms. The minimum Gasteiger partial charge on any atom is -0.740 e. The lowest BCUT2D eigenvalue weighted by Gasteiger charge is -2.12. The molecule has 0 saturated carbocycles. The molecule has 0 amide bonds. The van der Waals surface area contributed by atoms with Gasteiger partial charge in [-0.1, -0.05) is 45.4 Å². The van der Waals surface area contributed by atoms with Crippen LogP contribution in [0.2, 0.25) is 0 Å². The Balaban J connectivity index is 4.20. The molecule has 0 N–H and O–H groups in total. The third-order valence-corrected chi connectivity index (χ3v) is 3.26. The fraction of sp³-hybridized carbons (Fsp3) is 0.833. The zero-order valence-electron chi connectivity index (χ0n) is 11.9. The fourth-order valence-electron chi connectivity index (χ4n) is 1.90. The van der Waals surface area contributed by atoms with Gasteiger partial charge in [-0.3, -0.25) is 9.63 Å². The molecule has 0 aliphatic carbocycles. The average molecular weight is 322 g/mol.